The van der Waals surface area contributed by atoms with Gasteiger partial charge in [-0.1, -0.05) is 35.5 Å². The molecule has 3 heterocycles. The fraction of sp³-hybridized carbons (Fsp3) is 0.409. The fourth-order valence-electron chi connectivity index (χ4n) is 4.01. The predicted octanol–water partition coefficient (Wildman–Crippen LogP) is 2.14. The van der Waals surface area contributed by atoms with E-state index in [2.05, 4.69) is 25.1 Å². The molecule has 1 atom stereocenters. The van der Waals surface area contributed by atoms with E-state index < -0.39 is 5.91 Å². The molecule has 4 N–H and O–H groups in total. The summed E-state index contributed by atoms with van der Waals surface area (Å²) in [5.41, 5.74) is 7.02. The molecule has 33 heavy (non-hydrogen) atoms. The van der Waals surface area contributed by atoms with Gasteiger partial charge in [0.15, 0.2) is 5.50 Å². The van der Waals surface area contributed by atoms with Gasteiger partial charge >= 0.3 is 0 Å². The molecule has 0 spiro atoms. The van der Waals surface area contributed by atoms with Gasteiger partial charge in [0, 0.05) is 45.0 Å². The standard InChI is InChI=1S/C22H28ClN7O2S/c1-14-4-3-5-16(23)20(14)30-13-17(21(24)32)33-22(30)27-18-12-19(26-15(2)25-18)29-8-6-28(7-9-29)10-11-31/h3-5,12-13,22,31H,6-11H2,1-2H3,(H2,24,32)(H,25,26,27). The molecule has 9 nitrogen and oxygen atoms in total. The van der Waals surface area contributed by atoms with Gasteiger partial charge in [0.05, 0.1) is 22.2 Å². The monoisotopic (exact) mass is 489 g/mol. The van der Waals surface area contributed by atoms with Crippen LogP contribution in [0.4, 0.5) is 17.3 Å². The van der Waals surface area contributed by atoms with Crippen molar-refractivity contribution in [3.63, 3.8) is 0 Å². The Bertz CT molecular complexity index is 1040. The number of anilines is 3. The summed E-state index contributed by atoms with van der Waals surface area (Å²) in [5, 5.41) is 13.2. The number of nitrogens with two attached hydrogens (primary N) is 1. The average Bonchev–Trinajstić information content (AvgIpc) is 3.18. The molecule has 2 aromatic rings. The van der Waals surface area contributed by atoms with Crippen LogP contribution in [0.1, 0.15) is 11.4 Å². The van der Waals surface area contributed by atoms with Crippen LogP contribution in [0.5, 0.6) is 0 Å². The van der Waals surface area contributed by atoms with Crippen LogP contribution in [0.3, 0.4) is 0 Å². The Morgan fingerprint density at radius 1 is 1.27 bits per heavy atom. The van der Waals surface area contributed by atoms with Gasteiger partial charge in [0.2, 0.25) is 0 Å². The van der Waals surface area contributed by atoms with Crippen molar-refractivity contribution < 1.29 is 9.90 Å². The lowest BCUT2D eigenvalue weighted by atomic mass is 10.2. The van der Waals surface area contributed by atoms with Crippen LogP contribution >= 0.6 is 23.4 Å². The number of nitrogens with zero attached hydrogens (tertiary/aromatic N) is 5. The number of thioether (sulfide) groups is 1. The maximum atomic E-state index is 11.9. The third-order valence-corrected chi connectivity index (χ3v) is 7.08. The number of hydrogen-bond acceptors (Lipinski definition) is 9. The quantitative estimate of drug-likeness (QED) is 0.538. The number of aromatic nitrogens is 2. The smallest absolute Gasteiger partial charge is 0.256 e. The molecule has 1 unspecified atom stereocenters. The molecule has 4 rings (SSSR count). The topological polar surface area (TPSA) is 111 Å². The minimum atomic E-state index is -0.487. The largest absolute Gasteiger partial charge is 0.395 e. The van der Waals surface area contributed by atoms with Crippen molar-refractivity contribution in [2.45, 2.75) is 19.3 Å². The van der Waals surface area contributed by atoms with Gasteiger partial charge in [0.1, 0.15) is 17.5 Å². The molecule has 0 aliphatic carbocycles. The highest BCUT2D eigenvalue weighted by molar-refractivity contribution is 8.05. The third kappa shape index (κ3) is 5.35. The Morgan fingerprint density at radius 2 is 2.03 bits per heavy atom. The number of rotatable bonds is 7. The Kier molecular flexibility index (Phi) is 7.28. The number of aliphatic hydroxyl groups excluding tert-OH is 1. The number of carbonyl (C=O) groups is 1. The number of primary amides is 1. The molecule has 176 valence electrons. The summed E-state index contributed by atoms with van der Waals surface area (Å²) in [4.78, 5) is 28.0. The molecule has 2 aliphatic heterocycles. The molecule has 0 bridgehead atoms. The van der Waals surface area contributed by atoms with Crippen molar-refractivity contribution in [3.05, 3.63) is 51.8 Å². The van der Waals surface area contributed by atoms with Crippen LogP contribution < -0.4 is 20.9 Å². The molecular formula is C22H28ClN7O2S. The van der Waals surface area contributed by atoms with E-state index in [1.54, 1.807) is 6.20 Å². The Balaban J connectivity index is 1.57. The van der Waals surface area contributed by atoms with Crippen molar-refractivity contribution >= 4 is 46.6 Å². The molecular weight excluding hydrogens is 462 g/mol. The number of benzene rings is 1. The first kappa shape index (κ1) is 23.6. The molecule has 11 heteroatoms. The minimum absolute atomic E-state index is 0.169. The summed E-state index contributed by atoms with van der Waals surface area (Å²) in [5.74, 6) is 1.67. The third-order valence-electron chi connectivity index (χ3n) is 5.65. The highest BCUT2D eigenvalue weighted by Gasteiger charge is 2.31. The molecule has 1 amide bonds. The van der Waals surface area contributed by atoms with Crippen LogP contribution in [-0.2, 0) is 4.79 Å². The number of β-amino-alcohol motifs (C(OH)–C–C–N with tert-alkyl or cyclic N) is 1. The SMILES string of the molecule is Cc1nc(NC2SC(C(N)=O)=CN2c2c(C)cccc2Cl)cc(N2CCN(CCO)CC2)n1. The van der Waals surface area contributed by atoms with Crippen molar-refractivity contribution in [1.29, 1.82) is 0 Å². The van der Waals surface area contributed by atoms with E-state index in [0.717, 1.165) is 43.2 Å². The van der Waals surface area contributed by atoms with Gasteiger partial charge in [-0.25, -0.2) is 9.97 Å². The number of para-hydroxylation sites is 1. The molecule has 2 aliphatic rings. The Labute approximate surface area is 202 Å². The normalized spacial score (nSPS) is 19.0. The summed E-state index contributed by atoms with van der Waals surface area (Å²) in [6, 6.07) is 7.62. The zero-order valence-corrected chi connectivity index (χ0v) is 20.2. The second kappa shape index (κ2) is 10.2. The highest BCUT2D eigenvalue weighted by Crippen LogP contribution is 2.41. The molecule has 0 saturated carbocycles. The van der Waals surface area contributed by atoms with Crippen LogP contribution in [0.2, 0.25) is 5.02 Å². The van der Waals surface area contributed by atoms with E-state index in [-0.39, 0.29) is 12.1 Å². The van der Waals surface area contributed by atoms with Crippen LogP contribution in [-0.4, -0.2) is 70.7 Å². The van der Waals surface area contributed by atoms with Crippen LogP contribution in [0.25, 0.3) is 0 Å². The molecule has 1 aromatic heterocycles. The molecule has 1 saturated heterocycles. The van der Waals surface area contributed by atoms with Crippen LogP contribution in [0.15, 0.2) is 35.4 Å². The molecule has 1 fully saturated rings. The summed E-state index contributed by atoms with van der Waals surface area (Å²) >= 11 is 7.84. The highest BCUT2D eigenvalue weighted by atomic mass is 35.5. The number of halogens is 1. The first-order chi connectivity index (χ1) is 15.9. The van der Waals surface area contributed by atoms with E-state index >= 15 is 0 Å². The van der Waals surface area contributed by atoms with E-state index in [1.165, 1.54) is 11.8 Å². The summed E-state index contributed by atoms with van der Waals surface area (Å²) in [6.07, 6.45) is 1.73. The number of aliphatic hydroxyl groups is 1. The van der Waals surface area contributed by atoms with E-state index in [9.17, 15) is 4.79 Å². The van der Waals surface area contributed by atoms with Gasteiger partial charge in [-0.05, 0) is 25.5 Å². The number of nitrogens with one attached hydrogen (secondary N) is 1. The first-order valence-electron chi connectivity index (χ1n) is 10.8. The van der Waals surface area contributed by atoms with Crippen molar-refractivity contribution in [2.24, 2.45) is 5.73 Å². The summed E-state index contributed by atoms with van der Waals surface area (Å²) in [6.45, 7) is 8.09. The first-order valence-corrected chi connectivity index (χ1v) is 12.0. The number of hydrogen-bond donors (Lipinski definition) is 3. The zero-order chi connectivity index (χ0) is 23.5. The lowest BCUT2D eigenvalue weighted by molar-refractivity contribution is -0.113. The number of amides is 1. The Hall–Kier alpha value is -2.53. The molecule has 0 radical (unpaired) electrons. The van der Waals surface area contributed by atoms with Gasteiger partial charge < -0.3 is 26.0 Å². The van der Waals surface area contributed by atoms with Crippen molar-refractivity contribution in [3.8, 4) is 0 Å². The fourth-order valence-corrected chi connectivity index (χ4v) is 5.32. The maximum absolute atomic E-state index is 11.9. The second-order valence-electron chi connectivity index (χ2n) is 8.00. The minimum Gasteiger partial charge on any atom is -0.395 e. The Morgan fingerprint density at radius 3 is 2.70 bits per heavy atom. The van der Waals surface area contributed by atoms with Crippen molar-refractivity contribution in [2.75, 3.05) is 54.4 Å². The maximum Gasteiger partial charge on any atom is 0.256 e. The second-order valence-corrected chi connectivity index (χ2v) is 9.52. The van der Waals surface area contributed by atoms with E-state index in [1.807, 2.05) is 43.0 Å². The van der Waals surface area contributed by atoms with Gasteiger partial charge in [-0.15, -0.1) is 0 Å². The number of aryl methyl sites for hydroxylation is 2. The van der Waals surface area contributed by atoms with E-state index in [0.29, 0.717) is 28.1 Å². The van der Waals surface area contributed by atoms with E-state index in [4.69, 9.17) is 22.4 Å². The molecule has 1 aromatic carbocycles. The number of piperazine rings is 1. The average molecular weight is 490 g/mol. The summed E-state index contributed by atoms with van der Waals surface area (Å²) < 4.78 is 0. The lowest BCUT2D eigenvalue weighted by Gasteiger charge is -2.35. The number of carbonyl (C=O) groups excluding carboxylic acids is 1. The van der Waals surface area contributed by atoms with Gasteiger partial charge in [-0.3, -0.25) is 9.69 Å². The van der Waals surface area contributed by atoms with Gasteiger partial charge in [-0.2, -0.15) is 0 Å². The van der Waals surface area contributed by atoms with Crippen molar-refractivity contribution in [1.82, 2.24) is 14.9 Å². The van der Waals surface area contributed by atoms with Crippen LogP contribution in [0, 0.1) is 13.8 Å². The predicted molar refractivity (Wildman–Crippen MR) is 133 cm³/mol. The summed E-state index contributed by atoms with van der Waals surface area (Å²) in [7, 11) is 0. The zero-order valence-electron chi connectivity index (χ0n) is 18.7. The van der Waals surface area contributed by atoms with Gasteiger partial charge in [0.25, 0.3) is 5.91 Å². The lowest BCUT2D eigenvalue weighted by Crippen LogP contribution is -2.47.